The Kier molecular flexibility index (Phi) is 6.58. The summed E-state index contributed by atoms with van der Waals surface area (Å²) in [6.07, 6.45) is 0.761. The fraction of sp³-hybridized carbons (Fsp3) is 0.280. The molecule has 1 unspecified atom stereocenters. The van der Waals surface area contributed by atoms with E-state index in [0.29, 0.717) is 0 Å². The summed E-state index contributed by atoms with van der Waals surface area (Å²) >= 11 is 0. The lowest BCUT2D eigenvalue weighted by atomic mass is 9.70. The Labute approximate surface area is 174 Å². The summed E-state index contributed by atoms with van der Waals surface area (Å²) in [5.41, 5.74) is 5.31. The Bertz CT molecular complexity index is 870. The molecule has 3 rings (SSSR count). The van der Waals surface area contributed by atoms with Crippen molar-refractivity contribution in [3.05, 3.63) is 106 Å². The van der Waals surface area contributed by atoms with Gasteiger partial charge in [0.1, 0.15) is 5.60 Å². The zero-order valence-electron chi connectivity index (χ0n) is 17.6. The van der Waals surface area contributed by atoms with Crippen molar-refractivity contribution < 1.29 is 14.7 Å². The molecule has 150 valence electrons. The van der Waals surface area contributed by atoms with Crippen LogP contribution in [0.4, 0.5) is 0 Å². The summed E-state index contributed by atoms with van der Waals surface area (Å²) in [4.78, 5) is 0. The Morgan fingerprint density at radius 2 is 1.10 bits per heavy atom. The standard InChI is InChI=1S/C25H29BO3/c1-5-24(21-12-6-18(2)7-13-21)25(29-26(27)28,22-14-8-19(3)9-15-22)23-16-10-20(4)11-17-23/h6-17,24,27-28H,5H2,1-4H3. The van der Waals surface area contributed by atoms with Crippen molar-refractivity contribution in [2.24, 2.45) is 0 Å². The molecule has 0 spiro atoms. The third-order valence-electron chi connectivity index (χ3n) is 5.63. The molecule has 3 aromatic carbocycles. The molecular weight excluding hydrogens is 359 g/mol. The summed E-state index contributed by atoms with van der Waals surface area (Å²) in [5, 5.41) is 20.0. The molecule has 0 aliphatic rings. The summed E-state index contributed by atoms with van der Waals surface area (Å²) in [6, 6.07) is 24.6. The highest BCUT2D eigenvalue weighted by Crippen LogP contribution is 2.47. The van der Waals surface area contributed by atoms with Gasteiger partial charge < -0.3 is 14.7 Å². The molecule has 2 N–H and O–H groups in total. The highest BCUT2D eigenvalue weighted by molar-refractivity contribution is 6.32. The number of benzene rings is 3. The van der Waals surface area contributed by atoms with Gasteiger partial charge in [-0.05, 0) is 43.9 Å². The van der Waals surface area contributed by atoms with E-state index >= 15 is 0 Å². The number of hydrogen-bond donors (Lipinski definition) is 2. The van der Waals surface area contributed by atoms with Gasteiger partial charge in [-0.15, -0.1) is 0 Å². The zero-order valence-corrected chi connectivity index (χ0v) is 17.6. The molecule has 0 saturated heterocycles. The molecule has 29 heavy (non-hydrogen) atoms. The van der Waals surface area contributed by atoms with Crippen LogP contribution >= 0.6 is 0 Å². The molecule has 0 aliphatic carbocycles. The SMILES string of the molecule is CCC(c1ccc(C)cc1)C(OB(O)O)(c1ccc(C)cc1)c1ccc(C)cc1. The largest absolute Gasteiger partial charge is 0.634 e. The second kappa shape index (κ2) is 8.96. The molecule has 0 fully saturated rings. The molecule has 0 bridgehead atoms. The van der Waals surface area contributed by atoms with Crippen molar-refractivity contribution in [1.82, 2.24) is 0 Å². The van der Waals surface area contributed by atoms with Crippen molar-refractivity contribution in [3.8, 4) is 0 Å². The fourth-order valence-electron chi connectivity index (χ4n) is 4.11. The third-order valence-corrected chi connectivity index (χ3v) is 5.63. The third kappa shape index (κ3) is 4.45. The molecule has 0 aliphatic heterocycles. The van der Waals surface area contributed by atoms with Crippen molar-refractivity contribution in [1.29, 1.82) is 0 Å². The quantitative estimate of drug-likeness (QED) is 0.558. The van der Waals surface area contributed by atoms with Crippen molar-refractivity contribution >= 4 is 7.32 Å². The summed E-state index contributed by atoms with van der Waals surface area (Å²) < 4.78 is 6.04. The first-order valence-electron chi connectivity index (χ1n) is 10.1. The highest BCUT2D eigenvalue weighted by atomic mass is 16.6. The number of hydrogen-bond acceptors (Lipinski definition) is 3. The molecule has 0 heterocycles. The van der Waals surface area contributed by atoms with Crippen LogP contribution < -0.4 is 0 Å². The topological polar surface area (TPSA) is 49.7 Å². The van der Waals surface area contributed by atoms with Crippen LogP contribution in [0.2, 0.25) is 0 Å². The highest BCUT2D eigenvalue weighted by Gasteiger charge is 2.45. The van der Waals surface area contributed by atoms with E-state index in [-0.39, 0.29) is 5.92 Å². The average Bonchev–Trinajstić information content (AvgIpc) is 2.70. The van der Waals surface area contributed by atoms with Gasteiger partial charge in [0, 0.05) is 5.92 Å². The molecular formula is C25H29BO3. The van der Waals surface area contributed by atoms with E-state index in [2.05, 4.69) is 38.1 Å². The summed E-state index contributed by atoms with van der Waals surface area (Å²) in [5.74, 6) is -0.115. The second-order valence-electron chi connectivity index (χ2n) is 7.78. The maximum atomic E-state index is 9.99. The Balaban J connectivity index is 2.30. The molecule has 0 aromatic heterocycles. The molecule has 1 atom stereocenters. The smallest absolute Gasteiger partial charge is 0.402 e. The van der Waals surface area contributed by atoms with E-state index in [1.807, 2.05) is 62.4 Å². The normalized spacial score (nSPS) is 12.6. The van der Waals surface area contributed by atoms with Crippen LogP contribution in [0.25, 0.3) is 0 Å². The molecule has 3 nitrogen and oxygen atoms in total. The minimum absolute atomic E-state index is 0.115. The lowest BCUT2D eigenvalue weighted by Gasteiger charge is -2.42. The average molecular weight is 388 g/mol. The van der Waals surface area contributed by atoms with Gasteiger partial charge in [-0.25, -0.2) is 0 Å². The van der Waals surface area contributed by atoms with Crippen molar-refractivity contribution in [2.75, 3.05) is 0 Å². The molecule has 3 aromatic rings. The Morgan fingerprint density at radius 3 is 1.45 bits per heavy atom. The van der Waals surface area contributed by atoms with Crippen LogP contribution in [0, 0.1) is 20.8 Å². The van der Waals surface area contributed by atoms with Crippen LogP contribution in [0.1, 0.15) is 52.6 Å². The number of aryl methyl sites for hydroxylation is 3. The summed E-state index contributed by atoms with van der Waals surface area (Å²) in [7, 11) is -1.91. The van der Waals surface area contributed by atoms with E-state index in [1.165, 1.54) is 5.56 Å². The van der Waals surface area contributed by atoms with Crippen molar-refractivity contribution in [2.45, 2.75) is 45.6 Å². The van der Waals surface area contributed by atoms with E-state index in [1.54, 1.807) is 0 Å². The Hall–Kier alpha value is -2.40. The molecule has 4 heteroatoms. The van der Waals surface area contributed by atoms with Gasteiger partial charge in [-0.3, -0.25) is 0 Å². The lowest BCUT2D eigenvalue weighted by molar-refractivity contribution is 0.0242. The minimum Gasteiger partial charge on any atom is -0.402 e. The lowest BCUT2D eigenvalue weighted by Crippen LogP contribution is -2.43. The first-order chi connectivity index (χ1) is 13.9. The van der Waals surface area contributed by atoms with E-state index in [4.69, 9.17) is 4.65 Å². The maximum Gasteiger partial charge on any atom is 0.634 e. The van der Waals surface area contributed by atoms with Crippen LogP contribution in [0.5, 0.6) is 0 Å². The van der Waals surface area contributed by atoms with Gasteiger partial charge >= 0.3 is 7.32 Å². The predicted molar refractivity (Wildman–Crippen MR) is 119 cm³/mol. The van der Waals surface area contributed by atoms with Crippen LogP contribution in [0.3, 0.4) is 0 Å². The van der Waals surface area contributed by atoms with Gasteiger partial charge in [0.25, 0.3) is 0 Å². The number of rotatable bonds is 7. The second-order valence-corrected chi connectivity index (χ2v) is 7.78. The van der Waals surface area contributed by atoms with Gasteiger partial charge in [0.05, 0.1) is 0 Å². The summed E-state index contributed by atoms with van der Waals surface area (Å²) in [6.45, 7) is 8.24. The van der Waals surface area contributed by atoms with Crippen LogP contribution in [-0.2, 0) is 10.3 Å². The van der Waals surface area contributed by atoms with Crippen LogP contribution in [0.15, 0.2) is 72.8 Å². The Morgan fingerprint density at radius 1 is 0.724 bits per heavy atom. The van der Waals surface area contributed by atoms with Gasteiger partial charge in [0.15, 0.2) is 0 Å². The van der Waals surface area contributed by atoms with Gasteiger partial charge in [-0.1, -0.05) is 96.4 Å². The first kappa shape index (κ1) is 21.3. The van der Waals surface area contributed by atoms with Gasteiger partial charge in [-0.2, -0.15) is 0 Å². The molecule has 0 saturated carbocycles. The monoisotopic (exact) mass is 388 g/mol. The molecule has 0 amide bonds. The van der Waals surface area contributed by atoms with Crippen molar-refractivity contribution in [3.63, 3.8) is 0 Å². The first-order valence-corrected chi connectivity index (χ1v) is 10.1. The fourth-order valence-corrected chi connectivity index (χ4v) is 4.11. The van der Waals surface area contributed by atoms with Gasteiger partial charge in [0.2, 0.25) is 0 Å². The zero-order chi connectivity index (χ0) is 21.0. The maximum absolute atomic E-state index is 9.99. The van der Waals surface area contributed by atoms with Crippen LogP contribution in [-0.4, -0.2) is 17.4 Å². The minimum atomic E-state index is -1.91. The molecule has 0 radical (unpaired) electrons. The van der Waals surface area contributed by atoms with E-state index < -0.39 is 12.9 Å². The van der Waals surface area contributed by atoms with E-state index in [9.17, 15) is 10.0 Å². The predicted octanol–water partition coefficient (Wildman–Crippen LogP) is 5.04. The van der Waals surface area contributed by atoms with E-state index in [0.717, 1.165) is 34.2 Å².